The van der Waals surface area contributed by atoms with Gasteiger partial charge >= 0.3 is 0 Å². The van der Waals surface area contributed by atoms with Crippen LogP contribution in [-0.4, -0.2) is 56.0 Å². The van der Waals surface area contributed by atoms with Gasteiger partial charge in [0.1, 0.15) is 14.0 Å². The van der Waals surface area contributed by atoms with Crippen LogP contribution in [0.25, 0.3) is 0 Å². The van der Waals surface area contributed by atoms with E-state index in [-0.39, 0.29) is 0 Å². The summed E-state index contributed by atoms with van der Waals surface area (Å²) in [6.07, 6.45) is -1.38. The molecule has 1 saturated heterocycles. The van der Waals surface area contributed by atoms with Crippen molar-refractivity contribution in [2.24, 2.45) is 0 Å². The molecule has 0 saturated carbocycles. The number of halogens is 3. The van der Waals surface area contributed by atoms with Crippen molar-refractivity contribution in [3.05, 3.63) is 23.5 Å². The molecule has 0 unspecified atom stereocenters. The summed E-state index contributed by atoms with van der Waals surface area (Å²) in [4.78, 5) is 0. The van der Waals surface area contributed by atoms with E-state index >= 15 is 0 Å². The lowest BCUT2D eigenvalue weighted by atomic mass is 9.38. The minimum atomic E-state index is -1.71. The number of ether oxygens (including phenoxy) is 1. The Balaban J connectivity index is 2.37. The van der Waals surface area contributed by atoms with Gasteiger partial charge < -0.3 is 10.1 Å². The molecule has 1 N–H and O–H groups in total. The van der Waals surface area contributed by atoms with E-state index in [1.54, 1.807) is 0 Å². The van der Waals surface area contributed by atoms with Gasteiger partial charge in [0.05, 0.1) is 31.4 Å². The van der Waals surface area contributed by atoms with Gasteiger partial charge in [0.15, 0.2) is 17.4 Å². The molecule has 10 radical (unpaired) electrons. The monoisotopic (exact) mass is 253 g/mol. The summed E-state index contributed by atoms with van der Waals surface area (Å²) in [5.74, 6) is -5.34. The maximum atomic E-state index is 13.5. The van der Waals surface area contributed by atoms with E-state index in [4.69, 9.17) is 44.0 Å². The first-order chi connectivity index (χ1) is 8.56. The lowest BCUT2D eigenvalue weighted by molar-refractivity contribution is 0.0533. The molecule has 86 valence electrons. The van der Waals surface area contributed by atoms with E-state index in [0.29, 0.717) is 6.07 Å². The van der Waals surface area contributed by atoms with Crippen LogP contribution in [0.15, 0.2) is 6.07 Å². The topological polar surface area (TPSA) is 21.3 Å². The lowest BCUT2D eigenvalue weighted by Crippen LogP contribution is -2.86. The van der Waals surface area contributed by atoms with Crippen molar-refractivity contribution in [2.75, 3.05) is 0 Å². The molecule has 0 atom stereocenters. The number of benzene rings is 1. The zero-order valence-electron chi connectivity index (χ0n) is 9.58. The van der Waals surface area contributed by atoms with Gasteiger partial charge in [-0.25, -0.2) is 8.78 Å². The molecular formula is C9H3B5F3NO. The standard InChI is InChI=1S/C9H3B5F3NO/c10-2-1-3(15)6(5(17)4(2)16)19-7-8(11,12)18-9(7,13)14/h1,7,18H. The molecule has 0 spiro atoms. The van der Waals surface area contributed by atoms with Gasteiger partial charge in [0, 0.05) is 0 Å². The predicted molar refractivity (Wildman–Crippen MR) is 67.7 cm³/mol. The van der Waals surface area contributed by atoms with Crippen LogP contribution in [0.3, 0.4) is 0 Å². The minimum Gasteiger partial charge on any atom is -0.484 e. The van der Waals surface area contributed by atoms with E-state index < -0.39 is 45.4 Å². The summed E-state index contributed by atoms with van der Waals surface area (Å²) < 4.78 is 45.2. The van der Waals surface area contributed by atoms with Crippen molar-refractivity contribution >= 4 is 44.7 Å². The van der Waals surface area contributed by atoms with Gasteiger partial charge in [-0.1, -0.05) is 5.46 Å². The number of nitrogens with one attached hydrogen (secondary N) is 1. The van der Waals surface area contributed by atoms with E-state index in [1.165, 1.54) is 0 Å². The third-order valence-electron chi connectivity index (χ3n) is 2.68. The Kier molecular flexibility index (Phi) is 3.28. The molecule has 1 fully saturated rings. The highest BCUT2D eigenvalue weighted by Crippen LogP contribution is 2.32. The SMILES string of the molecule is [B]c1cc(F)c(OC2C([B])([B])NC2([B])[B])c(F)c1F. The van der Waals surface area contributed by atoms with Crippen molar-refractivity contribution in [1.82, 2.24) is 5.32 Å². The highest BCUT2D eigenvalue weighted by atomic mass is 19.2. The van der Waals surface area contributed by atoms with E-state index in [0.717, 1.165) is 0 Å². The first-order valence-corrected chi connectivity index (χ1v) is 5.10. The summed E-state index contributed by atoms with van der Waals surface area (Å²) in [6, 6.07) is 0.559. The largest absolute Gasteiger partial charge is 0.484 e. The average molecular weight is 252 g/mol. The maximum absolute atomic E-state index is 13.5. The minimum absolute atomic E-state index is 0.559. The number of hydrogen-bond donors (Lipinski definition) is 1. The average Bonchev–Trinajstić information content (AvgIpc) is 2.23. The highest BCUT2D eigenvalue weighted by molar-refractivity contribution is 6.49. The van der Waals surface area contributed by atoms with Crippen LogP contribution in [0.1, 0.15) is 0 Å². The second-order valence-electron chi connectivity index (χ2n) is 4.39. The first-order valence-electron chi connectivity index (χ1n) is 5.10. The van der Waals surface area contributed by atoms with E-state index in [1.807, 2.05) is 0 Å². The fourth-order valence-electron chi connectivity index (χ4n) is 1.84. The summed E-state index contributed by atoms with van der Waals surface area (Å²) in [5, 5.41) is -1.10. The van der Waals surface area contributed by atoms with Crippen molar-refractivity contribution in [2.45, 2.75) is 16.8 Å². The summed E-state index contributed by atoms with van der Waals surface area (Å²) in [5.41, 5.74) is -0.701. The van der Waals surface area contributed by atoms with Gasteiger partial charge in [-0.05, 0) is 16.7 Å². The van der Waals surface area contributed by atoms with Gasteiger partial charge in [-0.3, -0.25) is 0 Å². The van der Waals surface area contributed by atoms with Crippen molar-refractivity contribution in [3.8, 4) is 5.75 Å². The zero-order valence-corrected chi connectivity index (χ0v) is 9.58. The van der Waals surface area contributed by atoms with Gasteiger partial charge in [0.25, 0.3) is 0 Å². The molecule has 1 aromatic rings. The van der Waals surface area contributed by atoms with Crippen molar-refractivity contribution in [1.29, 1.82) is 0 Å². The first kappa shape index (κ1) is 14.5. The molecule has 1 aromatic carbocycles. The van der Waals surface area contributed by atoms with Crippen LogP contribution in [-0.2, 0) is 0 Å². The highest BCUT2D eigenvalue weighted by Gasteiger charge is 2.52. The Morgan fingerprint density at radius 1 is 1.05 bits per heavy atom. The maximum Gasteiger partial charge on any atom is 0.203 e. The van der Waals surface area contributed by atoms with Gasteiger partial charge in [-0.2, -0.15) is 4.39 Å². The van der Waals surface area contributed by atoms with E-state index in [2.05, 4.69) is 5.32 Å². The molecule has 10 heteroatoms. The summed E-state index contributed by atoms with van der Waals surface area (Å²) in [7, 11) is 27.0. The lowest BCUT2D eigenvalue weighted by Gasteiger charge is -2.60. The third-order valence-corrected chi connectivity index (χ3v) is 2.68. The van der Waals surface area contributed by atoms with Gasteiger partial charge in [-0.15, -0.1) is 0 Å². The smallest absolute Gasteiger partial charge is 0.203 e. The van der Waals surface area contributed by atoms with Crippen LogP contribution in [0.5, 0.6) is 5.75 Å². The fraction of sp³-hybridized carbons (Fsp3) is 0.333. The Hall–Kier alpha value is -0.905. The van der Waals surface area contributed by atoms with Crippen LogP contribution >= 0.6 is 0 Å². The molecule has 1 aliphatic rings. The molecule has 0 aromatic heterocycles. The second-order valence-corrected chi connectivity index (χ2v) is 4.39. The molecule has 1 aliphatic heterocycles. The van der Waals surface area contributed by atoms with Gasteiger partial charge in [0.2, 0.25) is 5.82 Å². The fourth-order valence-corrected chi connectivity index (χ4v) is 1.84. The van der Waals surface area contributed by atoms with Crippen LogP contribution in [0.4, 0.5) is 13.2 Å². The van der Waals surface area contributed by atoms with Crippen LogP contribution in [0, 0.1) is 17.5 Å². The molecule has 2 nitrogen and oxygen atoms in total. The predicted octanol–water partition coefficient (Wildman–Crippen LogP) is -1.77. The molecule has 2 rings (SSSR count). The molecule has 1 heterocycles. The number of rotatable bonds is 2. The summed E-state index contributed by atoms with van der Waals surface area (Å²) >= 11 is 0. The van der Waals surface area contributed by atoms with Crippen molar-refractivity contribution < 1.29 is 17.9 Å². The Morgan fingerprint density at radius 2 is 1.58 bits per heavy atom. The number of hydrogen-bond acceptors (Lipinski definition) is 2. The van der Waals surface area contributed by atoms with Crippen LogP contribution < -0.4 is 15.5 Å². The second kappa shape index (κ2) is 4.30. The Bertz CT molecular complexity index is 525. The van der Waals surface area contributed by atoms with E-state index in [9.17, 15) is 13.2 Å². The molecular weight excluding hydrogens is 249 g/mol. The van der Waals surface area contributed by atoms with Crippen LogP contribution in [0.2, 0.25) is 0 Å². The molecule has 19 heavy (non-hydrogen) atoms. The quantitative estimate of drug-likeness (QED) is 0.497. The molecule has 0 amide bonds. The molecule has 0 bridgehead atoms. The Labute approximate surface area is 114 Å². The third kappa shape index (κ3) is 2.31. The zero-order chi connectivity index (χ0) is 14.6. The normalized spacial score (nSPS) is 20.8. The van der Waals surface area contributed by atoms with Crippen molar-refractivity contribution in [3.63, 3.8) is 0 Å². The molecule has 0 aliphatic carbocycles. The summed E-state index contributed by atoms with van der Waals surface area (Å²) in [6.45, 7) is 0. The Morgan fingerprint density at radius 3 is 2.05 bits per heavy atom.